The van der Waals surface area contributed by atoms with Crippen molar-refractivity contribution in [2.75, 3.05) is 0 Å². The van der Waals surface area contributed by atoms with E-state index in [9.17, 15) is 10.0 Å². The Morgan fingerprint density at radius 3 is 1.52 bits per heavy atom. The average molecular weight is 428 g/mol. The van der Waals surface area contributed by atoms with Gasteiger partial charge >= 0.3 is 7.12 Å². The van der Waals surface area contributed by atoms with Crippen LogP contribution in [0.3, 0.4) is 0 Å². The Morgan fingerprint density at radius 1 is 0.485 bits per heavy atom. The molecule has 0 aliphatic carbocycles. The van der Waals surface area contributed by atoms with E-state index in [4.69, 9.17) is 4.98 Å². The molecule has 0 bridgehead atoms. The molecule has 5 heteroatoms. The van der Waals surface area contributed by atoms with E-state index in [1.54, 1.807) is 30.5 Å². The lowest BCUT2D eigenvalue weighted by Gasteiger charge is -2.08. The molecule has 0 amide bonds. The third-order valence-corrected chi connectivity index (χ3v) is 5.63. The molecule has 5 aromatic rings. The fraction of sp³-hybridized carbons (Fsp3) is 0. The largest absolute Gasteiger partial charge is 0.488 e. The van der Waals surface area contributed by atoms with Gasteiger partial charge < -0.3 is 10.0 Å². The summed E-state index contributed by atoms with van der Waals surface area (Å²) in [4.78, 5) is 9.07. The molecule has 0 saturated heterocycles. The predicted molar refractivity (Wildman–Crippen MR) is 134 cm³/mol. The van der Waals surface area contributed by atoms with Crippen molar-refractivity contribution >= 4 is 12.6 Å². The number of benzene rings is 4. The third kappa shape index (κ3) is 4.60. The summed E-state index contributed by atoms with van der Waals surface area (Å²) in [6.45, 7) is 0. The Hall–Kier alpha value is -4.06. The van der Waals surface area contributed by atoms with Crippen LogP contribution >= 0.6 is 0 Å². The summed E-state index contributed by atoms with van der Waals surface area (Å²) in [5.74, 6) is 0.590. The van der Waals surface area contributed by atoms with Crippen LogP contribution in [0.2, 0.25) is 0 Å². The molecule has 33 heavy (non-hydrogen) atoms. The minimum Gasteiger partial charge on any atom is -0.423 e. The first-order valence-corrected chi connectivity index (χ1v) is 10.7. The summed E-state index contributed by atoms with van der Waals surface area (Å²) >= 11 is 0. The average Bonchev–Trinajstić information content (AvgIpc) is 2.89. The van der Waals surface area contributed by atoms with E-state index in [2.05, 4.69) is 77.8 Å². The van der Waals surface area contributed by atoms with E-state index in [-0.39, 0.29) is 0 Å². The Bertz CT molecular complexity index is 1350. The molecular formula is C28H21BN2O2. The van der Waals surface area contributed by atoms with Crippen molar-refractivity contribution in [2.45, 2.75) is 0 Å². The summed E-state index contributed by atoms with van der Waals surface area (Å²) in [6.07, 6.45) is 1.74. The smallest absolute Gasteiger partial charge is 0.423 e. The fourth-order valence-electron chi connectivity index (χ4n) is 3.78. The predicted octanol–water partition coefficient (Wildman–Crippen LogP) is 4.82. The maximum Gasteiger partial charge on any atom is 0.488 e. The van der Waals surface area contributed by atoms with Crippen molar-refractivity contribution < 1.29 is 10.0 Å². The lowest BCUT2D eigenvalue weighted by atomic mass is 9.80. The zero-order valence-electron chi connectivity index (χ0n) is 17.8. The number of hydrogen-bond acceptors (Lipinski definition) is 4. The second-order valence-electron chi connectivity index (χ2n) is 7.78. The number of hydrogen-bond donors (Lipinski definition) is 2. The molecule has 0 aliphatic rings. The summed E-state index contributed by atoms with van der Waals surface area (Å²) in [5, 5.41) is 18.5. The Kier molecular flexibility index (Phi) is 5.81. The third-order valence-electron chi connectivity index (χ3n) is 5.63. The van der Waals surface area contributed by atoms with Crippen LogP contribution in [0.4, 0.5) is 0 Å². The lowest BCUT2D eigenvalue weighted by Crippen LogP contribution is -2.29. The Balaban J connectivity index is 1.37. The summed E-state index contributed by atoms with van der Waals surface area (Å²) in [6, 6.07) is 36.1. The first kappa shape index (κ1) is 20.8. The van der Waals surface area contributed by atoms with E-state index in [1.165, 1.54) is 11.1 Å². The molecule has 1 aromatic heterocycles. The van der Waals surface area contributed by atoms with Crippen molar-refractivity contribution in [3.8, 4) is 44.9 Å². The van der Waals surface area contributed by atoms with Crippen LogP contribution in [-0.4, -0.2) is 27.1 Å². The van der Waals surface area contributed by atoms with Gasteiger partial charge in [0.15, 0.2) is 5.82 Å². The molecule has 158 valence electrons. The van der Waals surface area contributed by atoms with Gasteiger partial charge in [0.25, 0.3) is 0 Å². The van der Waals surface area contributed by atoms with E-state index in [0.29, 0.717) is 11.3 Å². The van der Waals surface area contributed by atoms with E-state index in [1.807, 2.05) is 12.1 Å². The quantitative estimate of drug-likeness (QED) is 0.394. The molecule has 0 fully saturated rings. The molecule has 0 saturated carbocycles. The SMILES string of the molecule is OB(O)c1ccc(-c2nccc(-c3ccc(-c4ccc(-c5ccccc5)cc4)cc3)n2)cc1. The topological polar surface area (TPSA) is 66.2 Å². The molecule has 4 nitrogen and oxygen atoms in total. The normalized spacial score (nSPS) is 10.7. The number of rotatable bonds is 5. The van der Waals surface area contributed by atoms with Gasteiger partial charge in [-0.2, -0.15) is 0 Å². The minimum absolute atomic E-state index is 0.433. The fourth-order valence-corrected chi connectivity index (χ4v) is 3.78. The Morgan fingerprint density at radius 2 is 0.970 bits per heavy atom. The van der Waals surface area contributed by atoms with Crippen LogP contribution in [0, 0.1) is 0 Å². The highest BCUT2D eigenvalue weighted by Crippen LogP contribution is 2.27. The number of nitrogens with zero attached hydrogens (tertiary/aromatic N) is 2. The van der Waals surface area contributed by atoms with Crippen LogP contribution in [-0.2, 0) is 0 Å². The molecule has 0 spiro atoms. The maximum atomic E-state index is 9.27. The second-order valence-corrected chi connectivity index (χ2v) is 7.78. The van der Waals surface area contributed by atoms with Crippen LogP contribution in [0.25, 0.3) is 44.9 Å². The lowest BCUT2D eigenvalue weighted by molar-refractivity contribution is 0.426. The Labute approximate surface area is 193 Å². The molecule has 2 N–H and O–H groups in total. The van der Waals surface area contributed by atoms with Gasteiger partial charge in [-0.05, 0) is 33.8 Å². The van der Waals surface area contributed by atoms with Crippen LogP contribution in [0.5, 0.6) is 0 Å². The molecule has 1 heterocycles. The van der Waals surface area contributed by atoms with E-state index < -0.39 is 7.12 Å². The summed E-state index contributed by atoms with van der Waals surface area (Å²) in [5.41, 5.74) is 7.80. The molecular weight excluding hydrogens is 407 g/mol. The van der Waals surface area contributed by atoms with Crippen molar-refractivity contribution in [3.05, 3.63) is 115 Å². The van der Waals surface area contributed by atoms with Gasteiger partial charge in [-0.3, -0.25) is 0 Å². The van der Waals surface area contributed by atoms with Gasteiger partial charge in [0.2, 0.25) is 0 Å². The molecule has 5 rings (SSSR count). The summed E-state index contributed by atoms with van der Waals surface area (Å²) < 4.78 is 0. The standard InChI is InChI=1S/C28H21BN2O2/c32-29(33)26-16-14-25(15-17-26)28-30-19-18-27(31-28)24-12-10-23(11-13-24)22-8-6-21(7-9-22)20-4-2-1-3-5-20/h1-19,32-33H. The van der Waals surface area contributed by atoms with Gasteiger partial charge in [-0.1, -0.05) is 103 Å². The van der Waals surface area contributed by atoms with Gasteiger partial charge in [0, 0.05) is 17.3 Å². The first-order valence-electron chi connectivity index (χ1n) is 10.7. The highest BCUT2D eigenvalue weighted by atomic mass is 16.4. The van der Waals surface area contributed by atoms with Gasteiger partial charge in [0.1, 0.15) is 0 Å². The van der Waals surface area contributed by atoms with Gasteiger partial charge in [-0.25, -0.2) is 9.97 Å². The monoisotopic (exact) mass is 428 g/mol. The molecule has 0 atom stereocenters. The zero-order chi connectivity index (χ0) is 22.6. The highest BCUT2D eigenvalue weighted by molar-refractivity contribution is 6.58. The van der Waals surface area contributed by atoms with Crippen molar-refractivity contribution in [1.82, 2.24) is 9.97 Å². The van der Waals surface area contributed by atoms with Crippen LogP contribution in [0.15, 0.2) is 115 Å². The minimum atomic E-state index is -1.49. The van der Waals surface area contributed by atoms with Crippen molar-refractivity contribution in [3.63, 3.8) is 0 Å². The number of aromatic nitrogens is 2. The molecule has 4 aromatic carbocycles. The van der Waals surface area contributed by atoms with Gasteiger partial charge in [-0.15, -0.1) is 0 Å². The molecule has 0 unspecified atom stereocenters. The second kappa shape index (κ2) is 9.21. The van der Waals surface area contributed by atoms with Crippen molar-refractivity contribution in [2.24, 2.45) is 0 Å². The molecule has 0 aliphatic heterocycles. The first-order chi connectivity index (χ1) is 16.2. The van der Waals surface area contributed by atoms with Crippen LogP contribution < -0.4 is 5.46 Å². The van der Waals surface area contributed by atoms with Gasteiger partial charge in [0.05, 0.1) is 5.69 Å². The van der Waals surface area contributed by atoms with Crippen LogP contribution in [0.1, 0.15) is 0 Å². The molecule has 0 radical (unpaired) electrons. The maximum absolute atomic E-state index is 9.27. The highest BCUT2D eigenvalue weighted by Gasteiger charge is 2.11. The summed E-state index contributed by atoms with van der Waals surface area (Å²) in [7, 11) is -1.49. The zero-order valence-corrected chi connectivity index (χ0v) is 17.8. The van der Waals surface area contributed by atoms with Crippen molar-refractivity contribution in [1.29, 1.82) is 0 Å². The van der Waals surface area contributed by atoms with E-state index >= 15 is 0 Å². The van der Waals surface area contributed by atoms with E-state index in [0.717, 1.165) is 27.9 Å².